The number of halogens is 2. The molecule has 1 aromatic carbocycles. The predicted octanol–water partition coefficient (Wildman–Crippen LogP) is 1.88. The topological polar surface area (TPSA) is 68.5 Å². The maximum atomic E-state index is 12.6. The molecule has 22 heavy (non-hydrogen) atoms. The lowest BCUT2D eigenvalue weighted by Gasteiger charge is -2.32. The maximum Gasteiger partial charge on any atom is 0.273 e. The number of nitrogens with two attached hydrogens (primary N) is 1. The molecule has 0 saturated carbocycles. The second-order valence-corrected chi connectivity index (χ2v) is 4.86. The summed E-state index contributed by atoms with van der Waals surface area (Å²) in [6, 6.07) is 9.69. The number of hydrogen-bond donors (Lipinski definition) is 1. The van der Waals surface area contributed by atoms with Gasteiger partial charge in [-0.15, -0.1) is 24.8 Å². The van der Waals surface area contributed by atoms with Crippen LogP contribution in [-0.2, 0) is 4.74 Å². The van der Waals surface area contributed by atoms with Gasteiger partial charge in [-0.1, -0.05) is 24.3 Å². The molecule has 3 rings (SSSR count). The molecule has 1 aromatic heterocycles. The van der Waals surface area contributed by atoms with E-state index in [4.69, 9.17) is 10.5 Å². The van der Waals surface area contributed by atoms with Crippen LogP contribution in [0.2, 0.25) is 0 Å². The Hall–Kier alpha value is -1.40. The van der Waals surface area contributed by atoms with Crippen molar-refractivity contribution >= 4 is 41.5 Å². The van der Waals surface area contributed by atoms with E-state index in [9.17, 15) is 4.79 Å². The number of amides is 1. The molecule has 120 valence electrons. The molecular formula is C15H19Cl2N3O2. The largest absolute Gasteiger partial charge is 0.373 e. The average Bonchev–Trinajstić information content (AvgIpc) is 2.53. The number of benzene rings is 1. The van der Waals surface area contributed by atoms with Gasteiger partial charge in [-0.05, 0) is 11.5 Å². The summed E-state index contributed by atoms with van der Waals surface area (Å²) in [4.78, 5) is 18.7. The zero-order valence-electron chi connectivity index (χ0n) is 12.0. The number of rotatable bonds is 2. The van der Waals surface area contributed by atoms with Crippen molar-refractivity contribution in [3.05, 3.63) is 42.2 Å². The second-order valence-electron chi connectivity index (χ2n) is 4.86. The molecule has 5 nitrogen and oxygen atoms in total. The monoisotopic (exact) mass is 343 g/mol. The molecule has 0 bridgehead atoms. The number of nitrogens with zero attached hydrogens (tertiary/aromatic N) is 2. The first-order valence-corrected chi connectivity index (χ1v) is 6.74. The quantitative estimate of drug-likeness (QED) is 0.903. The molecule has 2 N–H and O–H groups in total. The maximum absolute atomic E-state index is 12.6. The van der Waals surface area contributed by atoms with Gasteiger partial charge < -0.3 is 15.4 Å². The van der Waals surface area contributed by atoms with Crippen LogP contribution in [-0.4, -0.2) is 48.1 Å². The molecule has 0 aliphatic carbocycles. The number of fused-ring (bicyclic) bond motifs is 1. The van der Waals surface area contributed by atoms with E-state index >= 15 is 0 Å². The molecule has 1 fully saturated rings. The Morgan fingerprint density at radius 3 is 2.86 bits per heavy atom. The van der Waals surface area contributed by atoms with E-state index in [-0.39, 0.29) is 36.8 Å². The van der Waals surface area contributed by atoms with Gasteiger partial charge in [0, 0.05) is 31.2 Å². The van der Waals surface area contributed by atoms with Crippen molar-refractivity contribution in [1.82, 2.24) is 9.88 Å². The van der Waals surface area contributed by atoms with Gasteiger partial charge in [0.15, 0.2) is 0 Å². The second kappa shape index (κ2) is 8.29. The SMILES string of the molecule is Cl.Cl.NCC1CN(C(=O)c2nccc3ccccc23)CCO1. The minimum atomic E-state index is -0.0809. The van der Waals surface area contributed by atoms with Gasteiger partial charge in [0.25, 0.3) is 5.91 Å². The summed E-state index contributed by atoms with van der Waals surface area (Å²) in [6.07, 6.45) is 1.60. The molecule has 0 radical (unpaired) electrons. The van der Waals surface area contributed by atoms with E-state index in [1.54, 1.807) is 11.1 Å². The van der Waals surface area contributed by atoms with Crippen molar-refractivity contribution in [3.8, 4) is 0 Å². The molecule has 1 atom stereocenters. The molecular weight excluding hydrogens is 325 g/mol. The lowest BCUT2D eigenvalue weighted by Crippen LogP contribution is -2.48. The van der Waals surface area contributed by atoms with Crippen LogP contribution < -0.4 is 5.73 Å². The van der Waals surface area contributed by atoms with Crippen LogP contribution in [0.25, 0.3) is 10.8 Å². The standard InChI is InChI=1S/C15H17N3O2.2ClH/c16-9-12-10-18(7-8-20-12)15(19)14-13-4-2-1-3-11(13)5-6-17-14;;/h1-6,12H,7-10,16H2;2*1H. The number of carbonyl (C=O) groups excluding carboxylic acids is 1. The minimum Gasteiger partial charge on any atom is -0.373 e. The van der Waals surface area contributed by atoms with Crippen molar-refractivity contribution in [2.45, 2.75) is 6.10 Å². The van der Waals surface area contributed by atoms with E-state index in [0.717, 1.165) is 10.8 Å². The summed E-state index contributed by atoms with van der Waals surface area (Å²) in [5.41, 5.74) is 6.12. The Labute approximate surface area is 141 Å². The molecule has 1 amide bonds. The average molecular weight is 344 g/mol. The summed E-state index contributed by atoms with van der Waals surface area (Å²) in [7, 11) is 0. The van der Waals surface area contributed by atoms with Gasteiger partial charge in [0.05, 0.1) is 12.7 Å². The van der Waals surface area contributed by atoms with Crippen LogP contribution in [0.5, 0.6) is 0 Å². The van der Waals surface area contributed by atoms with Crippen molar-refractivity contribution < 1.29 is 9.53 Å². The smallest absolute Gasteiger partial charge is 0.273 e. The van der Waals surface area contributed by atoms with E-state index in [2.05, 4.69) is 4.98 Å². The predicted molar refractivity (Wildman–Crippen MR) is 90.9 cm³/mol. The molecule has 1 aliphatic heterocycles. The van der Waals surface area contributed by atoms with Crippen molar-refractivity contribution in [2.24, 2.45) is 5.73 Å². The zero-order chi connectivity index (χ0) is 13.9. The van der Waals surface area contributed by atoms with Crippen LogP contribution in [0.1, 0.15) is 10.5 Å². The number of carbonyl (C=O) groups is 1. The number of hydrogen-bond acceptors (Lipinski definition) is 4. The highest BCUT2D eigenvalue weighted by molar-refractivity contribution is 6.05. The summed E-state index contributed by atoms with van der Waals surface area (Å²) < 4.78 is 5.49. The molecule has 2 heterocycles. The van der Waals surface area contributed by atoms with Crippen LogP contribution in [0, 0.1) is 0 Å². The summed E-state index contributed by atoms with van der Waals surface area (Å²) in [5.74, 6) is -0.0523. The van der Waals surface area contributed by atoms with Gasteiger partial charge in [-0.25, -0.2) is 0 Å². The Balaban J connectivity index is 0.00000121. The number of ether oxygens (including phenoxy) is 1. The van der Waals surface area contributed by atoms with E-state index in [0.29, 0.717) is 31.9 Å². The zero-order valence-corrected chi connectivity index (χ0v) is 13.6. The first-order chi connectivity index (χ1) is 9.79. The fraction of sp³-hybridized carbons (Fsp3) is 0.333. The molecule has 1 saturated heterocycles. The van der Waals surface area contributed by atoms with E-state index in [1.807, 2.05) is 30.3 Å². The third-order valence-corrected chi connectivity index (χ3v) is 3.57. The molecule has 1 aliphatic rings. The van der Waals surface area contributed by atoms with Crippen molar-refractivity contribution in [3.63, 3.8) is 0 Å². The fourth-order valence-corrected chi connectivity index (χ4v) is 2.49. The summed E-state index contributed by atoms with van der Waals surface area (Å²) >= 11 is 0. The van der Waals surface area contributed by atoms with Crippen molar-refractivity contribution in [1.29, 1.82) is 0 Å². The lowest BCUT2D eigenvalue weighted by atomic mass is 10.1. The summed E-state index contributed by atoms with van der Waals surface area (Å²) in [5, 5.41) is 1.91. The minimum absolute atomic E-state index is 0. The van der Waals surface area contributed by atoms with Gasteiger partial charge in [-0.3, -0.25) is 9.78 Å². The Kier molecular flexibility index (Phi) is 7.03. The first kappa shape index (κ1) is 18.6. The van der Waals surface area contributed by atoms with Gasteiger partial charge in [-0.2, -0.15) is 0 Å². The molecule has 7 heteroatoms. The normalized spacial score (nSPS) is 17.5. The fourth-order valence-electron chi connectivity index (χ4n) is 2.49. The Morgan fingerprint density at radius 2 is 2.09 bits per heavy atom. The lowest BCUT2D eigenvalue weighted by molar-refractivity contribution is -0.0168. The summed E-state index contributed by atoms with van der Waals surface area (Å²) in [6.45, 7) is 2.06. The van der Waals surface area contributed by atoms with Gasteiger partial charge in [0.1, 0.15) is 5.69 Å². The molecule has 2 aromatic rings. The highest BCUT2D eigenvalue weighted by Gasteiger charge is 2.25. The van der Waals surface area contributed by atoms with Crippen LogP contribution in [0.15, 0.2) is 36.5 Å². The highest BCUT2D eigenvalue weighted by Crippen LogP contribution is 2.18. The van der Waals surface area contributed by atoms with Crippen LogP contribution in [0.4, 0.5) is 0 Å². The number of pyridine rings is 1. The third-order valence-electron chi connectivity index (χ3n) is 3.57. The van der Waals surface area contributed by atoms with Gasteiger partial charge >= 0.3 is 0 Å². The highest BCUT2D eigenvalue weighted by atomic mass is 35.5. The number of morpholine rings is 1. The Bertz CT molecular complexity index is 634. The third kappa shape index (κ3) is 3.67. The molecule has 1 unspecified atom stereocenters. The Morgan fingerprint density at radius 1 is 1.32 bits per heavy atom. The number of aromatic nitrogens is 1. The van der Waals surface area contributed by atoms with Crippen LogP contribution in [0.3, 0.4) is 0 Å². The van der Waals surface area contributed by atoms with Crippen LogP contribution >= 0.6 is 24.8 Å². The molecule has 0 spiro atoms. The van der Waals surface area contributed by atoms with Crippen molar-refractivity contribution in [2.75, 3.05) is 26.2 Å². The van der Waals surface area contributed by atoms with E-state index < -0.39 is 0 Å². The van der Waals surface area contributed by atoms with E-state index in [1.165, 1.54) is 0 Å². The van der Waals surface area contributed by atoms with Gasteiger partial charge in [0.2, 0.25) is 0 Å². The first-order valence-electron chi connectivity index (χ1n) is 6.74.